The molecule has 0 fully saturated rings. The number of thiocarbonyl (C=S) groups is 1. The number of thiophene rings is 1. The second-order valence-corrected chi connectivity index (χ2v) is 5.66. The van der Waals surface area contributed by atoms with Crippen LogP contribution in [-0.2, 0) is 0 Å². The zero-order chi connectivity index (χ0) is 13.1. The van der Waals surface area contributed by atoms with Crippen molar-refractivity contribution in [3.8, 4) is 0 Å². The average molecular weight is 341 g/mol. The normalized spacial score (nSPS) is 10.1. The Morgan fingerprint density at radius 2 is 2.17 bits per heavy atom. The molecule has 0 saturated heterocycles. The Bertz CT molecular complexity index is 596. The molecule has 18 heavy (non-hydrogen) atoms. The smallest absolute Gasteiger partial charge is 0.256 e. The summed E-state index contributed by atoms with van der Waals surface area (Å²) in [7, 11) is 0. The van der Waals surface area contributed by atoms with Crippen LogP contribution in [0.1, 0.15) is 15.9 Å². The van der Waals surface area contributed by atoms with Crippen LogP contribution in [0.3, 0.4) is 0 Å². The van der Waals surface area contributed by atoms with Crippen LogP contribution in [0.4, 0.5) is 5.69 Å². The number of anilines is 1. The number of hydrogen-bond donors (Lipinski definition) is 2. The van der Waals surface area contributed by atoms with Gasteiger partial charge in [-0.25, -0.2) is 0 Å². The Morgan fingerprint density at radius 3 is 2.78 bits per heavy atom. The molecular weight excluding hydrogens is 332 g/mol. The molecule has 2 aromatic rings. The predicted octanol–water partition coefficient (Wildman–Crippen LogP) is 3.40. The predicted molar refractivity (Wildman–Crippen MR) is 82.3 cm³/mol. The minimum atomic E-state index is -0.174. The summed E-state index contributed by atoms with van der Waals surface area (Å²) in [6.45, 7) is 0. The zero-order valence-corrected chi connectivity index (χ0v) is 12.4. The number of carbonyl (C=O) groups excluding carboxylic acids is 1. The summed E-state index contributed by atoms with van der Waals surface area (Å²) in [6.07, 6.45) is 0. The van der Waals surface area contributed by atoms with Crippen molar-refractivity contribution in [3.05, 3.63) is 50.6 Å². The van der Waals surface area contributed by atoms with Gasteiger partial charge in [0, 0.05) is 15.4 Å². The molecule has 0 atom stereocenters. The average Bonchev–Trinajstić information content (AvgIpc) is 2.81. The minimum absolute atomic E-state index is 0.174. The van der Waals surface area contributed by atoms with E-state index in [0.29, 0.717) is 16.8 Å². The molecule has 92 valence electrons. The molecule has 0 spiro atoms. The molecule has 0 aliphatic rings. The monoisotopic (exact) mass is 340 g/mol. The fourth-order valence-corrected chi connectivity index (χ4v) is 2.60. The summed E-state index contributed by atoms with van der Waals surface area (Å²) in [4.78, 5) is 12.2. The molecule has 0 unspecified atom stereocenters. The van der Waals surface area contributed by atoms with Crippen LogP contribution in [0.2, 0.25) is 0 Å². The number of rotatable bonds is 3. The molecule has 1 amide bonds. The Morgan fingerprint density at radius 1 is 1.39 bits per heavy atom. The number of nitrogens with two attached hydrogens (primary N) is 1. The molecular formula is C12H9BrN2OS2. The first-order chi connectivity index (χ1) is 8.58. The lowest BCUT2D eigenvalue weighted by Gasteiger charge is -2.10. The summed E-state index contributed by atoms with van der Waals surface area (Å²) >= 11 is 9.78. The van der Waals surface area contributed by atoms with Crippen LogP contribution in [0.25, 0.3) is 0 Å². The van der Waals surface area contributed by atoms with Crippen LogP contribution in [0, 0.1) is 0 Å². The van der Waals surface area contributed by atoms with E-state index >= 15 is 0 Å². The fourth-order valence-electron chi connectivity index (χ4n) is 1.42. The standard InChI is InChI=1S/C12H9BrN2OS2/c13-8-1-2-9(11(14)17)10(5-8)15-12(16)7-3-4-18-6-7/h1-6H,(H2,14,17)(H,15,16). The van der Waals surface area contributed by atoms with Gasteiger partial charge in [0.15, 0.2) is 0 Å². The van der Waals surface area contributed by atoms with Gasteiger partial charge in [-0.1, -0.05) is 28.1 Å². The van der Waals surface area contributed by atoms with Gasteiger partial charge in [-0.3, -0.25) is 4.79 Å². The third kappa shape index (κ3) is 2.95. The van der Waals surface area contributed by atoms with Gasteiger partial charge in [0.05, 0.1) is 11.3 Å². The molecule has 0 bridgehead atoms. The van der Waals surface area contributed by atoms with Crippen molar-refractivity contribution in [1.82, 2.24) is 0 Å². The van der Waals surface area contributed by atoms with Gasteiger partial charge in [0.2, 0.25) is 0 Å². The highest BCUT2D eigenvalue weighted by molar-refractivity contribution is 9.10. The molecule has 0 aliphatic heterocycles. The molecule has 0 aliphatic carbocycles. The van der Waals surface area contributed by atoms with E-state index in [2.05, 4.69) is 21.2 Å². The van der Waals surface area contributed by atoms with Gasteiger partial charge < -0.3 is 11.1 Å². The van der Waals surface area contributed by atoms with Crippen molar-refractivity contribution in [1.29, 1.82) is 0 Å². The fraction of sp³-hybridized carbons (Fsp3) is 0. The number of carbonyl (C=O) groups is 1. The van der Waals surface area contributed by atoms with Gasteiger partial charge in [-0.2, -0.15) is 11.3 Å². The third-order valence-electron chi connectivity index (χ3n) is 2.28. The maximum atomic E-state index is 12.0. The highest BCUT2D eigenvalue weighted by Gasteiger charge is 2.11. The number of benzene rings is 1. The first-order valence-electron chi connectivity index (χ1n) is 5.01. The molecule has 0 radical (unpaired) electrons. The Balaban J connectivity index is 2.31. The van der Waals surface area contributed by atoms with E-state index in [0.717, 1.165) is 4.47 Å². The second kappa shape index (κ2) is 5.60. The molecule has 1 aromatic heterocycles. The molecule has 1 aromatic carbocycles. The van der Waals surface area contributed by atoms with E-state index in [9.17, 15) is 4.79 Å². The summed E-state index contributed by atoms with van der Waals surface area (Å²) in [5.41, 5.74) is 7.50. The number of halogens is 1. The number of amides is 1. The lowest BCUT2D eigenvalue weighted by molar-refractivity contribution is 0.102. The van der Waals surface area contributed by atoms with Crippen molar-refractivity contribution in [2.24, 2.45) is 5.73 Å². The quantitative estimate of drug-likeness (QED) is 0.842. The molecule has 3 N–H and O–H groups in total. The topological polar surface area (TPSA) is 55.1 Å². The molecule has 2 rings (SSSR count). The van der Waals surface area contributed by atoms with Gasteiger partial charge >= 0.3 is 0 Å². The summed E-state index contributed by atoms with van der Waals surface area (Å²) < 4.78 is 0.850. The van der Waals surface area contributed by atoms with Gasteiger partial charge in [-0.15, -0.1) is 0 Å². The largest absolute Gasteiger partial charge is 0.389 e. The minimum Gasteiger partial charge on any atom is -0.389 e. The third-order valence-corrected chi connectivity index (χ3v) is 3.68. The lowest BCUT2D eigenvalue weighted by atomic mass is 10.1. The molecule has 1 heterocycles. The van der Waals surface area contributed by atoms with Crippen LogP contribution < -0.4 is 11.1 Å². The number of hydrogen-bond acceptors (Lipinski definition) is 3. The van der Waals surface area contributed by atoms with E-state index in [-0.39, 0.29) is 10.9 Å². The first-order valence-corrected chi connectivity index (χ1v) is 7.15. The van der Waals surface area contributed by atoms with Crippen molar-refractivity contribution in [2.45, 2.75) is 0 Å². The van der Waals surface area contributed by atoms with Crippen molar-refractivity contribution in [2.75, 3.05) is 5.32 Å². The molecule has 6 heteroatoms. The van der Waals surface area contributed by atoms with Gasteiger partial charge in [0.1, 0.15) is 4.99 Å². The van der Waals surface area contributed by atoms with Gasteiger partial charge in [-0.05, 0) is 29.6 Å². The second-order valence-electron chi connectivity index (χ2n) is 3.52. The van der Waals surface area contributed by atoms with E-state index in [4.69, 9.17) is 18.0 Å². The van der Waals surface area contributed by atoms with Gasteiger partial charge in [0.25, 0.3) is 5.91 Å². The van der Waals surface area contributed by atoms with E-state index in [1.54, 1.807) is 23.6 Å². The van der Waals surface area contributed by atoms with Crippen LogP contribution in [-0.4, -0.2) is 10.9 Å². The summed E-state index contributed by atoms with van der Waals surface area (Å²) in [5.74, 6) is -0.174. The maximum Gasteiger partial charge on any atom is 0.256 e. The highest BCUT2D eigenvalue weighted by atomic mass is 79.9. The van der Waals surface area contributed by atoms with Crippen molar-refractivity contribution < 1.29 is 4.79 Å². The van der Waals surface area contributed by atoms with Crippen LogP contribution in [0.5, 0.6) is 0 Å². The highest BCUT2D eigenvalue weighted by Crippen LogP contribution is 2.22. The van der Waals surface area contributed by atoms with E-state index in [1.165, 1.54) is 11.3 Å². The zero-order valence-electron chi connectivity index (χ0n) is 9.14. The van der Waals surface area contributed by atoms with E-state index in [1.807, 2.05) is 11.4 Å². The molecule has 0 saturated carbocycles. The van der Waals surface area contributed by atoms with Crippen LogP contribution in [0.15, 0.2) is 39.5 Å². The molecule has 3 nitrogen and oxygen atoms in total. The number of nitrogens with one attached hydrogen (secondary N) is 1. The Labute approximate surface area is 122 Å². The SMILES string of the molecule is NC(=S)c1ccc(Br)cc1NC(=O)c1ccsc1. The Kier molecular flexibility index (Phi) is 4.11. The first kappa shape index (κ1) is 13.2. The summed E-state index contributed by atoms with van der Waals surface area (Å²) in [6, 6.07) is 7.14. The van der Waals surface area contributed by atoms with E-state index < -0.39 is 0 Å². The summed E-state index contributed by atoms with van der Waals surface area (Å²) in [5, 5.41) is 6.44. The maximum absolute atomic E-state index is 12.0. The van der Waals surface area contributed by atoms with Crippen LogP contribution >= 0.6 is 39.5 Å². The van der Waals surface area contributed by atoms with Crippen molar-refractivity contribution in [3.63, 3.8) is 0 Å². The lowest BCUT2D eigenvalue weighted by Crippen LogP contribution is -2.17. The van der Waals surface area contributed by atoms with Crippen molar-refractivity contribution >= 4 is 56.1 Å². The Hall–Kier alpha value is -1.24.